The Hall–Kier alpha value is -2.81. The number of nitrogens with one attached hydrogen (secondary N) is 2. The number of fused-ring (bicyclic) bond motifs is 1. The van der Waals surface area contributed by atoms with Crippen LogP contribution in [0.5, 0.6) is 0 Å². The predicted molar refractivity (Wildman–Crippen MR) is 99.1 cm³/mol. The van der Waals surface area contributed by atoms with Crippen LogP contribution in [0.4, 0.5) is 16.4 Å². The van der Waals surface area contributed by atoms with Crippen molar-refractivity contribution in [1.29, 1.82) is 0 Å². The molecule has 1 aromatic carbocycles. The number of benzene rings is 1. The molecule has 1 aliphatic rings. The van der Waals surface area contributed by atoms with E-state index in [1.165, 1.54) is 29.4 Å². The molecule has 0 bridgehead atoms. The summed E-state index contributed by atoms with van der Waals surface area (Å²) in [5.41, 5.74) is 0.349. The summed E-state index contributed by atoms with van der Waals surface area (Å²) in [6.45, 7) is 5.37. The van der Waals surface area contributed by atoms with Gasteiger partial charge >= 0.3 is 6.03 Å². The van der Waals surface area contributed by atoms with Crippen molar-refractivity contribution < 1.29 is 14.4 Å². The van der Waals surface area contributed by atoms with Crippen molar-refractivity contribution in [3.05, 3.63) is 46.2 Å². The molecule has 0 saturated heterocycles. The van der Waals surface area contributed by atoms with E-state index in [9.17, 15) is 14.4 Å². The molecule has 1 aromatic heterocycles. The third kappa shape index (κ3) is 3.43. The predicted octanol–water partition coefficient (Wildman–Crippen LogP) is 3.28. The van der Waals surface area contributed by atoms with Gasteiger partial charge in [-0.3, -0.25) is 19.8 Å². The zero-order valence-electron chi connectivity index (χ0n) is 14.3. The van der Waals surface area contributed by atoms with E-state index >= 15 is 0 Å². The molecule has 4 amide bonds. The number of hydrogen-bond acceptors (Lipinski definition) is 5. The number of imide groups is 1. The maximum Gasteiger partial charge on any atom is 0.326 e. The monoisotopic (exact) mass is 417 g/mol. The van der Waals surface area contributed by atoms with Crippen LogP contribution in [-0.2, 0) is 0 Å². The molecule has 134 valence electrons. The van der Waals surface area contributed by atoms with E-state index in [0.717, 1.165) is 0 Å². The zero-order valence-corrected chi connectivity index (χ0v) is 15.9. The number of hydrogen-bond donors (Lipinski definition) is 2. The Labute approximate surface area is 158 Å². The summed E-state index contributed by atoms with van der Waals surface area (Å²) in [5.74, 6) is -0.577. The molecule has 0 atom stereocenters. The molecule has 0 aliphatic carbocycles. The summed E-state index contributed by atoms with van der Waals surface area (Å²) in [6.07, 6.45) is 3.01. The molecule has 9 heteroatoms. The number of rotatable bonds is 2. The van der Waals surface area contributed by atoms with Crippen LogP contribution < -0.4 is 10.6 Å². The fourth-order valence-electron chi connectivity index (χ4n) is 2.57. The molecule has 0 radical (unpaired) electrons. The minimum atomic E-state index is -0.628. The highest BCUT2D eigenvalue weighted by atomic mass is 79.9. The molecule has 2 heterocycles. The number of urea groups is 1. The van der Waals surface area contributed by atoms with Crippen molar-refractivity contribution in [3.63, 3.8) is 0 Å². The van der Waals surface area contributed by atoms with Crippen molar-refractivity contribution >= 4 is 45.4 Å². The first-order chi connectivity index (χ1) is 12.2. The average Bonchev–Trinajstić information content (AvgIpc) is 2.80. The van der Waals surface area contributed by atoms with Gasteiger partial charge in [-0.05, 0) is 54.9 Å². The van der Waals surface area contributed by atoms with Gasteiger partial charge in [0.05, 0.1) is 15.6 Å². The topological polar surface area (TPSA) is 104 Å². The van der Waals surface area contributed by atoms with Gasteiger partial charge in [-0.15, -0.1) is 0 Å². The lowest BCUT2D eigenvalue weighted by Crippen LogP contribution is -2.45. The molecule has 0 fully saturated rings. The van der Waals surface area contributed by atoms with Crippen LogP contribution in [-0.4, -0.2) is 38.3 Å². The number of carbonyl (C=O) groups excluding carboxylic acids is 3. The van der Waals surface area contributed by atoms with Gasteiger partial charge in [0.15, 0.2) is 0 Å². The second kappa shape index (κ2) is 6.49. The van der Waals surface area contributed by atoms with E-state index in [2.05, 4.69) is 36.5 Å². The van der Waals surface area contributed by atoms with Gasteiger partial charge in [-0.1, -0.05) is 0 Å². The minimum Gasteiger partial charge on any atom is -0.308 e. The summed E-state index contributed by atoms with van der Waals surface area (Å²) in [4.78, 5) is 46.2. The van der Waals surface area contributed by atoms with Crippen molar-refractivity contribution in [2.45, 2.75) is 26.3 Å². The Bertz CT molecular complexity index is 906. The van der Waals surface area contributed by atoms with E-state index in [1.807, 2.05) is 0 Å². The Balaban J connectivity index is 1.77. The number of halogens is 1. The SMILES string of the molecule is CC(C)(C)N1C(=O)c2ccc(NC(=O)Nc3ncc(Br)cn3)cc2C1=O. The van der Waals surface area contributed by atoms with E-state index < -0.39 is 11.6 Å². The van der Waals surface area contributed by atoms with Crippen LogP contribution in [0.1, 0.15) is 41.5 Å². The highest BCUT2D eigenvalue weighted by Gasteiger charge is 2.41. The van der Waals surface area contributed by atoms with Crippen LogP contribution in [0.15, 0.2) is 35.1 Å². The maximum absolute atomic E-state index is 12.6. The van der Waals surface area contributed by atoms with Gasteiger partial charge in [0.25, 0.3) is 11.8 Å². The summed E-state index contributed by atoms with van der Waals surface area (Å²) in [5, 5.41) is 5.08. The summed E-state index contributed by atoms with van der Waals surface area (Å²) in [6, 6.07) is 4.03. The molecule has 2 aromatic rings. The average molecular weight is 418 g/mol. The highest BCUT2D eigenvalue weighted by Crippen LogP contribution is 2.30. The van der Waals surface area contributed by atoms with Crippen LogP contribution in [0.3, 0.4) is 0 Å². The van der Waals surface area contributed by atoms with Crippen LogP contribution in [0.25, 0.3) is 0 Å². The Kier molecular flexibility index (Phi) is 4.49. The van der Waals surface area contributed by atoms with Crippen LogP contribution in [0.2, 0.25) is 0 Å². The third-order valence-corrected chi connectivity index (χ3v) is 4.07. The van der Waals surface area contributed by atoms with Gasteiger partial charge in [0.2, 0.25) is 5.95 Å². The molecule has 26 heavy (non-hydrogen) atoms. The molecular formula is C17H16BrN5O3. The van der Waals surface area contributed by atoms with Gasteiger partial charge in [0, 0.05) is 23.6 Å². The molecular weight excluding hydrogens is 402 g/mol. The number of aromatic nitrogens is 2. The van der Waals surface area contributed by atoms with Crippen molar-refractivity contribution in [3.8, 4) is 0 Å². The standard InChI is InChI=1S/C17H16BrN5O3/c1-17(2,3)23-13(24)11-5-4-10(6-12(11)14(23)25)21-16(26)22-15-19-7-9(18)8-20-15/h4-8H,1-3H3,(H2,19,20,21,22,26). The molecule has 3 rings (SSSR count). The minimum absolute atomic E-state index is 0.136. The van der Waals surface area contributed by atoms with Crippen molar-refractivity contribution in [2.75, 3.05) is 10.6 Å². The third-order valence-electron chi connectivity index (χ3n) is 3.66. The first-order valence-corrected chi connectivity index (χ1v) is 8.54. The largest absolute Gasteiger partial charge is 0.326 e. The lowest BCUT2D eigenvalue weighted by molar-refractivity contribution is 0.0507. The molecule has 0 unspecified atom stereocenters. The highest BCUT2D eigenvalue weighted by molar-refractivity contribution is 9.10. The molecule has 2 N–H and O–H groups in total. The lowest BCUT2D eigenvalue weighted by Gasteiger charge is -2.29. The fourth-order valence-corrected chi connectivity index (χ4v) is 2.77. The van der Waals surface area contributed by atoms with Gasteiger partial charge in [0.1, 0.15) is 0 Å². The van der Waals surface area contributed by atoms with Crippen molar-refractivity contribution in [2.24, 2.45) is 0 Å². The first-order valence-electron chi connectivity index (χ1n) is 7.75. The number of nitrogens with zero attached hydrogens (tertiary/aromatic N) is 3. The Morgan fingerprint density at radius 2 is 1.65 bits per heavy atom. The second-order valence-electron chi connectivity index (χ2n) is 6.68. The van der Waals surface area contributed by atoms with E-state index in [1.54, 1.807) is 26.8 Å². The normalized spacial score (nSPS) is 13.6. The lowest BCUT2D eigenvalue weighted by atomic mass is 10.1. The Morgan fingerprint density at radius 1 is 1.04 bits per heavy atom. The van der Waals surface area contributed by atoms with Crippen LogP contribution >= 0.6 is 15.9 Å². The number of amides is 4. The second-order valence-corrected chi connectivity index (χ2v) is 7.60. The maximum atomic E-state index is 12.6. The van der Waals surface area contributed by atoms with Gasteiger partial charge < -0.3 is 5.32 Å². The smallest absolute Gasteiger partial charge is 0.308 e. The zero-order chi connectivity index (χ0) is 19.1. The number of carbonyl (C=O) groups is 3. The van der Waals surface area contributed by atoms with E-state index in [-0.39, 0.29) is 23.3 Å². The van der Waals surface area contributed by atoms with Crippen molar-refractivity contribution in [1.82, 2.24) is 14.9 Å². The quantitative estimate of drug-likeness (QED) is 0.729. The van der Waals surface area contributed by atoms with Gasteiger partial charge in [-0.2, -0.15) is 0 Å². The van der Waals surface area contributed by atoms with E-state index in [0.29, 0.717) is 15.7 Å². The summed E-state index contributed by atoms with van der Waals surface area (Å²) in [7, 11) is 0. The van der Waals surface area contributed by atoms with Crippen LogP contribution in [0, 0.1) is 0 Å². The van der Waals surface area contributed by atoms with Gasteiger partial charge in [-0.25, -0.2) is 14.8 Å². The molecule has 0 spiro atoms. The molecule has 0 saturated carbocycles. The Morgan fingerprint density at radius 3 is 2.27 bits per heavy atom. The fraction of sp³-hybridized carbons (Fsp3) is 0.235. The molecule has 8 nitrogen and oxygen atoms in total. The summed E-state index contributed by atoms with van der Waals surface area (Å²) >= 11 is 3.21. The van der Waals surface area contributed by atoms with E-state index in [4.69, 9.17) is 0 Å². The summed E-state index contributed by atoms with van der Waals surface area (Å²) < 4.78 is 0.689. The molecule has 1 aliphatic heterocycles. The first kappa shape index (κ1) is 18.0. The number of anilines is 2.